The molecule has 1 aromatic carbocycles. The van der Waals surface area contributed by atoms with Gasteiger partial charge in [-0.15, -0.1) is 0 Å². The van der Waals surface area contributed by atoms with Crippen LogP contribution in [0.2, 0.25) is 0 Å². The summed E-state index contributed by atoms with van der Waals surface area (Å²) in [5.74, 6) is -18.5. The number of likely N-dealkylation sites (tertiary alicyclic amines) is 2. The van der Waals surface area contributed by atoms with Crippen LogP contribution in [0.5, 0.6) is 0 Å². The number of amides is 15. The van der Waals surface area contributed by atoms with Crippen LogP contribution >= 0.6 is 11.8 Å². The molecule has 0 bridgehead atoms. The lowest BCUT2D eigenvalue weighted by atomic mass is 9.96. The van der Waals surface area contributed by atoms with Crippen LogP contribution < -0.4 is 81.0 Å². The predicted octanol–water partition coefficient (Wildman–Crippen LogP) is -6.03. The Labute approximate surface area is 672 Å². The normalized spacial score (nSPS) is 18.1. The fraction of sp³-hybridized carbons (Fsp3) is 0.689. The highest BCUT2D eigenvalue weighted by atomic mass is 32.2. The largest absolute Gasteiger partial charge is 0.481 e. The van der Waals surface area contributed by atoms with Gasteiger partial charge >= 0.3 is 11.9 Å². The number of aliphatic hydroxyl groups excluding tert-OH is 4. The predicted molar refractivity (Wildman–Crippen MR) is 417 cm³/mol. The molecule has 3 rings (SSSR count). The summed E-state index contributed by atoms with van der Waals surface area (Å²) in [7, 11) is 0. The molecule has 41 heteroatoms. The molecule has 0 aromatic heterocycles. The van der Waals surface area contributed by atoms with Gasteiger partial charge in [0.05, 0.1) is 25.9 Å². The SMILES string of the molecule is CC[C@H](C)[C@H](NC(=O)[C@H](C)NC(=O)[C@@H]1CCCN1C(=O)[C@@H](N)CO)C(=O)N[C@@H](Cc1ccccc1)C(=O)N[C@@H](CCC(N)=O)C(=O)N[C@@H](CO)C(=O)N[C@@H](CO)C(=O)N[C@@H](CCSC)C(=O)N[C@H](C(=O)N[C@@H](CCCCN)C(=O)N[C@H](C(=O)N[C@@H](CC(C)C)C(=O)N[C@@H](CCC(=O)O)C(=O)N1CCC[C@H]1C(=O)O)[C@@H](C)CC)[C@@H](C)O. The number of nitrogens with zero attached hydrogens (tertiary/aromatic N) is 2. The lowest BCUT2D eigenvalue weighted by Crippen LogP contribution is -2.63. The summed E-state index contributed by atoms with van der Waals surface area (Å²) in [5, 5.41) is 90.7. The zero-order chi connectivity index (χ0) is 86.5. The Balaban J connectivity index is 1.85. The van der Waals surface area contributed by atoms with E-state index in [1.54, 1.807) is 78.1 Å². The maximum absolute atomic E-state index is 14.5. The van der Waals surface area contributed by atoms with Gasteiger partial charge in [0.15, 0.2) is 0 Å². The summed E-state index contributed by atoms with van der Waals surface area (Å²) in [4.78, 5) is 235. The molecular formula is C74H121N17O23S. The van der Waals surface area contributed by atoms with Gasteiger partial charge in [-0.2, -0.15) is 11.8 Å². The molecule has 2 fully saturated rings. The number of rotatable bonds is 52. The number of carboxylic acids is 2. The maximum atomic E-state index is 14.5. The van der Waals surface area contributed by atoms with Crippen molar-refractivity contribution in [3.05, 3.63) is 35.9 Å². The number of nitrogens with two attached hydrogens (primary N) is 3. The second-order valence-electron chi connectivity index (χ2n) is 29.4. The Morgan fingerprint density at radius 1 is 0.487 bits per heavy atom. The van der Waals surface area contributed by atoms with Crippen LogP contribution in [0.3, 0.4) is 0 Å². The van der Waals surface area contributed by atoms with Crippen LogP contribution in [0.25, 0.3) is 0 Å². The van der Waals surface area contributed by atoms with Gasteiger partial charge in [-0.25, -0.2) is 4.79 Å². The van der Waals surface area contributed by atoms with E-state index in [4.69, 9.17) is 17.2 Å². The van der Waals surface area contributed by atoms with E-state index in [1.807, 2.05) is 0 Å². The van der Waals surface area contributed by atoms with Crippen molar-refractivity contribution in [1.29, 1.82) is 0 Å². The lowest BCUT2D eigenvalue weighted by molar-refractivity contribution is -0.150. The van der Waals surface area contributed by atoms with E-state index in [2.05, 4.69) is 63.8 Å². The highest BCUT2D eigenvalue weighted by Crippen LogP contribution is 2.23. The molecule has 2 aliphatic rings. The fourth-order valence-electron chi connectivity index (χ4n) is 12.7. The van der Waals surface area contributed by atoms with Gasteiger partial charge in [0.1, 0.15) is 90.6 Å². The van der Waals surface area contributed by atoms with Gasteiger partial charge in [-0.05, 0) is 126 Å². The molecule has 2 heterocycles. The zero-order valence-electron chi connectivity index (χ0n) is 66.8. The molecule has 0 spiro atoms. The lowest BCUT2D eigenvalue weighted by Gasteiger charge is -2.31. The summed E-state index contributed by atoms with van der Waals surface area (Å²) < 4.78 is 0. The molecule has 115 heavy (non-hydrogen) atoms. The number of hydrogen-bond acceptors (Lipinski definition) is 24. The van der Waals surface area contributed by atoms with Crippen LogP contribution in [0.1, 0.15) is 157 Å². The first-order valence-corrected chi connectivity index (χ1v) is 40.2. The van der Waals surface area contributed by atoms with Gasteiger partial charge in [-0.1, -0.05) is 84.7 Å². The number of benzene rings is 1. The second kappa shape index (κ2) is 50.6. The average molecular weight is 1650 g/mol. The Bertz CT molecular complexity index is 3470. The molecule has 40 nitrogen and oxygen atoms in total. The van der Waals surface area contributed by atoms with Crippen molar-refractivity contribution in [3.8, 4) is 0 Å². The minimum atomic E-state index is -1.98. The van der Waals surface area contributed by atoms with Crippen molar-refractivity contribution in [3.63, 3.8) is 0 Å². The Morgan fingerprint density at radius 3 is 1.40 bits per heavy atom. The fourth-order valence-corrected chi connectivity index (χ4v) is 13.2. The number of aliphatic hydroxyl groups is 4. The van der Waals surface area contributed by atoms with Crippen LogP contribution in [-0.2, 0) is 87.9 Å². The molecule has 18 atom stereocenters. The molecule has 2 aliphatic heterocycles. The summed E-state index contributed by atoms with van der Waals surface area (Å²) in [6.45, 7) is 9.96. The Hall–Kier alpha value is -9.68. The van der Waals surface area contributed by atoms with E-state index in [0.29, 0.717) is 31.2 Å². The smallest absolute Gasteiger partial charge is 0.326 e. The van der Waals surface area contributed by atoms with Gasteiger partial charge in [0, 0.05) is 32.4 Å². The highest BCUT2D eigenvalue weighted by Gasteiger charge is 2.43. The van der Waals surface area contributed by atoms with E-state index in [9.17, 15) is 112 Å². The molecule has 0 saturated carbocycles. The van der Waals surface area contributed by atoms with Crippen LogP contribution in [0.15, 0.2) is 30.3 Å². The third kappa shape index (κ3) is 32.5. The first kappa shape index (κ1) is 99.5. The van der Waals surface area contributed by atoms with Crippen molar-refractivity contribution >= 4 is 112 Å². The van der Waals surface area contributed by atoms with Crippen molar-refractivity contribution in [2.75, 3.05) is 51.5 Å². The Kier molecular flexibility index (Phi) is 43.8. The van der Waals surface area contributed by atoms with E-state index in [0.717, 1.165) is 11.8 Å². The second-order valence-corrected chi connectivity index (χ2v) is 30.4. The molecule has 2 saturated heterocycles. The van der Waals surface area contributed by atoms with Crippen LogP contribution in [0, 0.1) is 17.8 Å². The molecule has 24 N–H and O–H groups in total. The number of aliphatic carboxylic acids is 2. The first-order valence-electron chi connectivity index (χ1n) is 38.8. The summed E-state index contributed by atoms with van der Waals surface area (Å²) in [5.41, 5.74) is 17.5. The topological polar surface area (TPSA) is 640 Å². The van der Waals surface area contributed by atoms with Gasteiger partial charge in [-0.3, -0.25) is 76.7 Å². The standard InChI is InChI=1S/C74H121N17O23S/c1-10-39(5)57(87-60(99)41(7)78-68(107)53-22-17-30-90(53)72(111)44(76)35-92)69(108)84-50(34-43-19-13-12-14-20-43)65(104)79-46(24-26-55(77)96)61(100)85-52(37-94)67(106)86-51(36-93)66(105)80-47(28-32-115-9)63(102)89-59(42(8)95)71(110)81-45(21-15-16-29-75)62(101)88-58(40(6)11-2)70(109)83-49(33-38(3)4)64(103)82-48(25-27-56(97)98)73(112)91-31-18-23-54(91)74(113)114/h12-14,19-20,38-42,44-54,57-59,92-95H,10-11,15-18,21-37,75-76H2,1-9H3,(H2,77,96)(H,78,107)(H,79,104)(H,80,105)(H,81,110)(H,82,103)(H,83,109)(H,84,108)(H,85,100)(H,86,106)(H,87,99)(H,88,101)(H,89,102)(H,97,98)(H,113,114)/t39-,40-,41-,42+,44-,45-,46-,47-,48-,49-,50-,51-,52-,53-,54-,57-,58-,59-/m0/s1. The Morgan fingerprint density at radius 2 is 0.913 bits per heavy atom. The molecule has 0 unspecified atom stereocenters. The number of nitrogens with one attached hydrogen (secondary N) is 12. The number of hydrogen-bond donors (Lipinski definition) is 21. The molecular weight excluding hydrogens is 1530 g/mol. The summed E-state index contributed by atoms with van der Waals surface area (Å²) >= 11 is 1.21. The summed E-state index contributed by atoms with van der Waals surface area (Å²) in [6.07, 6.45) is -0.437. The average Bonchev–Trinajstić information content (AvgIpc) is 1.69. The van der Waals surface area contributed by atoms with E-state index in [-0.39, 0.29) is 82.7 Å². The third-order valence-electron chi connectivity index (χ3n) is 19.9. The number of unbranched alkanes of at least 4 members (excludes halogenated alkanes) is 1. The molecule has 0 aliphatic carbocycles. The van der Waals surface area contributed by atoms with Gasteiger partial charge in [0.2, 0.25) is 88.6 Å². The van der Waals surface area contributed by atoms with Gasteiger partial charge < -0.3 is 121 Å². The highest BCUT2D eigenvalue weighted by molar-refractivity contribution is 7.98. The molecule has 646 valence electrons. The number of carbonyl (C=O) groups is 17. The number of carbonyl (C=O) groups excluding carboxylic acids is 15. The van der Waals surface area contributed by atoms with Gasteiger partial charge in [0.25, 0.3) is 0 Å². The number of thioether (sulfide) groups is 1. The number of primary amides is 1. The van der Waals surface area contributed by atoms with Crippen molar-refractivity contribution in [2.45, 2.75) is 255 Å². The number of carboxylic acid groups (broad SMARTS) is 2. The molecule has 15 amide bonds. The quantitative estimate of drug-likeness (QED) is 0.0270. The monoisotopic (exact) mass is 1650 g/mol. The van der Waals surface area contributed by atoms with Crippen LogP contribution in [0.4, 0.5) is 0 Å². The van der Waals surface area contributed by atoms with E-state index < -0.39 is 255 Å². The summed E-state index contributed by atoms with van der Waals surface area (Å²) in [6, 6.07) is -14.4. The maximum Gasteiger partial charge on any atom is 0.326 e. The van der Waals surface area contributed by atoms with Crippen LogP contribution in [-0.4, -0.2) is 289 Å². The first-order chi connectivity index (χ1) is 54.3. The van der Waals surface area contributed by atoms with E-state index >= 15 is 0 Å². The minimum absolute atomic E-state index is 0.0292. The molecule has 0 radical (unpaired) electrons. The third-order valence-corrected chi connectivity index (χ3v) is 20.5. The molecule has 1 aromatic rings. The van der Waals surface area contributed by atoms with E-state index in [1.165, 1.54) is 23.6 Å². The van der Waals surface area contributed by atoms with Crippen molar-refractivity contribution in [1.82, 2.24) is 73.6 Å². The van der Waals surface area contributed by atoms with Crippen molar-refractivity contribution < 1.29 is 112 Å². The zero-order valence-corrected chi connectivity index (χ0v) is 67.6. The minimum Gasteiger partial charge on any atom is -0.481 e. The van der Waals surface area contributed by atoms with Crippen molar-refractivity contribution in [2.24, 2.45) is 35.0 Å².